The maximum atomic E-state index is 13.4. The number of nitrogens with one attached hydrogen (secondary N) is 1. The van der Waals surface area contributed by atoms with Crippen molar-refractivity contribution in [1.82, 2.24) is 9.97 Å². The second kappa shape index (κ2) is 6.61. The van der Waals surface area contributed by atoms with Gasteiger partial charge in [0.05, 0.1) is 5.69 Å². The van der Waals surface area contributed by atoms with Crippen LogP contribution >= 0.6 is 0 Å². The van der Waals surface area contributed by atoms with Crippen LogP contribution < -0.4 is 5.32 Å². The van der Waals surface area contributed by atoms with Crippen LogP contribution in [0.3, 0.4) is 0 Å². The predicted octanol–water partition coefficient (Wildman–Crippen LogP) is 4.11. The molecule has 5 heteroatoms. The number of aromatic nitrogens is 2. The van der Waals surface area contributed by atoms with Crippen molar-refractivity contribution >= 4 is 5.82 Å². The van der Waals surface area contributed by atoms with Crippen LogP contribution in [-0.4, -0.2) is 16.5 Å². The fraction of sp³-hybridized carbons (Fsp3) is 0.375. The van der Waals surface area contributed by atoms with Gasteiger partial charge in [-0.05, 0) is 32.4 Å². The van der Waals surface area contributed by atoms with Crippen molar-refractivity contribution < 1.29 is 8.78 Å². The van der Waals surface area contributed by atoms with Crippen LogP contribution in [0.1, 0.15) is 31.7 Å². The van der Waals surface area contributed by atoms with Crippen molar-refractivity contribution in [1.29, 1.82) is 0 Å². The molecule has 112 valence electrons. The summed E-state index contributed by atoms with van der Waals surface area (Å²) in [5, 5.41) is 3.18. The summed E-state index contributed by atoms with van der Waals surface area (Å²) in [6.07, 6.45) is 1.63. The number of halogens is 2. The lowest BCUT2D eigenvalue weighted by atomic mass is 10.1. The van der Waals surface area contributed by atoms with E-state index >= 15 is 0 Å². The van der Waals surface area contributed by atoms with Gasteiger partial charge in [0.25, 0.3) is 0 Å². The summed E-state index contributed by atoms with van der Waals surface area (Å²) in [7, 11) is 0. The van der Waals surface area contributed by atoms with E-state index in [0.29, 0.717) is 17.1 Å². The van der Waals surface area contributed by atoms with Gasteiger partial charge in [0.2, 0.25) is 0 Å². The van der Waals surface area contributed by atoms with Gasteiger partial charge in [0.15, 0.2) is 0 Å². The quantitative estimate of drug-likeness (QED) is 0.900. The van der Waals surface area contributed by atoms with Gasteiger partial charge in [-0.25, -0.2) is 18.7 Å². The lowest BCUT2D eigenvalue weighted by molar-refractivity contribution is 0.584. The molecule has 1 heterocycles. The van der Waals surface area contributed by atoms with E-state index in [1.807, 2.05) is 20.8 Å². The molecule has 2 rings (SSSR count). The number of hydrogen-bond donors (Lipinski definition) is 1. The van der Waals surface area contributed by atoms with Crippen LogP contribution in [0.25, 0.3) is 11.3 Å². The molecule has 21 heavy (non-hydrogen) atoms. The second-order valence-electron chi connectivity index (χ2n) is 4.90. The maximum absolute atomic E-state index is 13.4. The Balaban J connectivity index is 2.59. The summed E-state index contributed by atoms with van der Waals surface area (Å²) in [6, 6.07) is 3.45. The first-order valence-electron chi connectivity index (χ1n) is 7.13. The number of nitrogens with zero attached hydrogens (tertiary/aromatic N) is 2. The van der Waals surface area contributed by atoms with Gasteiger partial charge in [0, 0.05) is 30.2 Å². The van der Waals surface area contributed by atoms with Crippen LogP contribution in [0.2, 0.25) is 0 Å². The minimum Gasteiger partial charge on any atom is -0.370 e. The molecule has 1 N–H and O–H groups in total. The summed E-state index contributed by atoms with van der Waals surface area (Å²) >= 11 is 0. The molecule has 3 nitrogen and oxygen atoms in total. The molecule has 0 unspecified atom stereocenters. The zero-order valence-electron chi connectivity index (χ0n) is 12.5. The summed E-state index contributed by atoms with van der Waals surface area (Å²) < 4.78 is 26.9. The smallest absolute Gasteiger partial charge is 0.133 e. The van der Waals surface area contributed by atoms with Crippen molar-refractivity contribution in [2.45, 2.75) is 33.6 Å². The van der Waals surface area contributed by atoms with Crippen LogP contribution in [-0.2, 0) is 6.42 Å². The molecule has 0 fully saturated rings. The largest absolute Gasteiger partial charge is 0.370 e. The van der Waals surface area contributed by atoms with E-state index in [1.54, 1.807) is 0 Å². The minimum absolute atomic E-state index is 0.434. The Morgan fingerprint density at radius 3 is 2.29 bits per heavy atom. The molecule has 0 saturated heterocycles. The second-order valence-corrected chi connectivity index (χ2v) is 4.90. The first kappa shape index (κ1) is 15.4. The number of hydrogen-bond acceptors (Lipinski definition) is 3. The summed E-state index contributed by atoms with van der Waals surface area (Å²) in [6.45, 7) is 6.59. The Hall–Kier alpha value is -2.04. The first-order valence-corrected chi connectivity index (χ1v) is 7.13. The van der Waals surface area contributed by atoms with Crippen molar-refractivity contribution in [2.75, 3.05) is 11.9 Å². The summed E-state index contributed by atoms with van der Waals surface area (Å²) in [5.74, 6) is 0.185. The van der Waals surface area contributed by atoms with Crippen LogP contribution in [0.5, 0.6) is 0 Å². The highest BCUT2D eigenvalue weighted by Gasteiger charge is 2.13. The number of aryl methyl sites for hydroxylation is 1. The lowest BCUT2D eigenvalue weighted by Gasteiger charge is -2.13. The molecular weight excluding hydrogens is 272 g/mol. The third kappa shape index (κ3) is 3.54. The van der Waals surface area contributed by atoms with E-state index in [1.165, 1.54) is 12.1 Å². The Morgan fingerprint density at radius 1 is 1.05 bits per heavy atom. The zero-order chi connectivity index (χ0) is 15.4. The molecule has 0 aliphatic carbocycles. The summed E-state index contributed by atoms with van der Waals surface area (Å²) in [4.78, 5) is 8.95. The van der Waals surface area contributed by atoms with Crippen LogP contribution in [0.15, 0.2) is 18.2 Å². The highest BCUT2D eigenvalue weighted by Crippen LogP contribution is 2.27. The molecular formula is C16H19F2N3. The van der Waals surface area contributed by atoms with Gasteiger partial charge in [-0.3, -0.25) is 0 Å². The van der Waals surface area contributed by atoms with E-state index < -0.39 is 11.6 Å². The molecule has 0 aliphatic rings. The Kier molecular flexibility index (Phi) is 4.83. The molecule has 0 bridgehead atoms. The number of anilines is 1. The number of rotatable bonds is 5. The highest BCUT2D eigenvalue weighted by atomic mass is 19.1. The normalized spacial score (nSPS) is 10.7. The first-order chi connectivity index (χ1) is 10.0. The van der Waals surface area contributed by atoms with Gasteiger partial charge >= 0.3 is 0 Å². The predicted molar refractivity (Wildman–Crippen MR) is 80.3 cm³/mol. The fourth-order valence-corrected chi connectivity index (χ4v) is 2.21. The van der Waals surface area contributed by atoms with E-state index in [-0.39, 0.29) is 0 Å². The standard InChI is InChI=1S/C16H19F2N3/c1-4-6-14-20-15(10(3)16(21-14)19-5-2)11-7-12(17)9-13(18)8-11/h7-9H,4-6H2,1-3H3,(H,19,20,21). The molecule has 2 aromatic rings. The Bertz CT molecular complexity index is 621. The zero-order valence-corrected chi connectivity index (χ0v) is 12.5. The van der Waals surface area contributed by atoms with Gasteiger partial charge < -0.3 is 5.32 Å². The summed E-state index contributed by atoms with van der Waals surface area (Å²) in [5.41, 5.74) is 1.80. The van der Waals surface area contributed by atoms with Crippen LogP contribution in [0, 0.1) is 18.6 Å². The molecule has 0 aliphatic heterocycles. The van der Waals surface area contributed by atoms with Crippen molar-refractivity contribution in [3.63, 3.8) is 0 Å². The molecule has 1 aromatic heterocycles. The average molecular weight is 291 g/mol. The van der Waals surface area contributed by atoms with E-state index in [0.717, 1.165) is 36.8 Å². The molecule has 1 aromatic carbocycles. The minimum atomic E-state index is -0.606. The Morgan fingerprint density at radius 2 is 1.71 bits per heavy atom. The topological polar surface area (TPSA) is 37.8 Å². The average Bonchev–Trinajstić information content (AvgIpc) is 2.41. The van der Waals surface area contributed by atoms with Crippen molar-refractivity contribution in [3.8, 4) is 11.3 Å². The number of benzene rings is 1. The van der Waals surface area contributed by atoms with E-state index in [4.69, 9.17) is 0 Å². The van der Waals surface area contributed by atoms with Gasteiger partial charge in [0.1, 0.15) is 23.3 Å². The van der Waals surface area contributed by atoms with E-state index in [9.17, 15) is 8.78 Å². The van der Waals surface area contributed by atoms with Crippen molar-refractivity contribution in [2.24, 2.45) is 0 Å². The van der Waals surface area contributed by atoms with E-state index in [2.05, 4.69) is 15.3 Å². The lowest BCUT2D eigenvalue weighted by Crippen LogP contribution is -2.08. The van der Waals surface area contributed by atoms with Crippen molar-refractivity contribution in [3.05, 3.63) is 41.2 Å². The SMILES string of the molecule is CCCc1nc(NCC)c(C)c(-c2cc(F)cc(F)c2)n1. The molecule has 0 radical (unpaired) electrons. The van der Waals surface area contributed by atoms with Gasteiger partial charge in [-0.2, -0.15) is 0 Å². The third-order valence-corrected chi connectivity index (χ3v) is 3.15. The van der Waals surface area contributed by atoms with Gasteiger partial charge in [-0.15, -0.1) is 0 Å². The molecule has 0 amide bonds. The fourth-order valence-electron chi connectivity index (χ4n) is 2.21. The third-order valence-electron chi connectivity index (χ3n) is 3.15. The van der Waals surface area contributed by atoms with Gasteiger partial charge in [-0.1, -0.05) is 6.92 Å². The Labute approximate surface area is 123 Å². The molecule has 0 atom stereocenters. The molecule has 0 saturated carbocycles. The van der Waals surface area contributed by atoms with Crippen LogP contribution in [0.4, 0.5) is 14.6 Å². The highest BCUT2D eigenvalue weighted by molar-refractivity contribution is 5.68. The molecule has 0 spiro atoms. The maximum Gasteiger partial charge on any atom is 0.133 e. The monoisotopic (exact) mass is 291 g/mol.